The first kappa shape index (κ1) is 11.9. The molecule has 84 valence electrons. The summed E-state index contributed by atoms with van der Waals surface area (Å²) in [4.78, 5) is -0.109. The predicted octanol–water partition coefficient (Wildman–Crippen LogP) is 1.10. The van der Waals surface area contributed by atoms with Gasteiger partial charge in [0.15, 0.2) is 0 Å². The van der Waals surface area contributed by atoms with Crippen molar-refractivity contribution in [3.8, 4) is 0 Å². The molecule has 0 aromatic heterocycles. The van der Waals surface area contributed by atoms with Gasteiger partial charge in [-0.3, -0.25) is 0 Å². The minimum Gasteiger partial charge on any atom is -0.396 e. The van der Waals surface area contributed by atoms with Gasteiger partial charge >= 0.3 is 0 Å². The first-order valence-corrected chi connectivity index (χ1v) is 6.00. The highest BCUT2D eigenvalue weighted by Crippen LogP contribution is 2.15. The van der Waals surface area contributed by atoms with E-state index >= 15 is 0 Å². The third-order valence-corrected chi connectivity index (χ3v) is 3.28. The largest absolute Gasteiger partial charge is 0.396 e. The predicted molar refractivity (Wildman–Crippen MR) is 56.3 cm³/mol. The van der Waals surface area contributed by atoms with Crippen LogP contribution in [0.3, 0.4) is 0 Å². The first-order valence-electron chi connectivity index (χ1n) is 4.52. The molecule has 1 rings (SSSR count). The zero-order chi connectivity index (χ0) is 11.5. The van der Waals surface area contributed by atoms with Crippen LogP contribution in [-0.2, 0) is 10.0 Å². The molecule has 1 aromatic carbocycles. The molecule has 1 aromatic rings. The molecule has 0 amide bonds. The molecule has 0 saturated heterocycles. The number of hydrogen-bond acceptors (Lipinski definition) is 3. The number of sulfonamides is 1. The maximum absolute atomic E-state index is 13.0. The second-order valence-electron chi connectivity index (χ2n) is 3.08. The Balaban J connectivity index is 3.00. The highest BCUT2D eigenvalue weighted by atomic mass is 32.2. The summed E-state index contributed by atoms with van der Waals surface area (Å²) in [6.45, 7) is 2.17. The second-order valence-corrected chi connectivity index (χ2v) is 4.85. The second kappa shape index (κ2) is 4.59. The molecule has 6 heteroatoms. The number of rotatable bonds is 4. The average molecular weight is 232 g/mol. The number of halogens is 1. The lowest BCUT2D eigenvalue weighted by molar-refractivity contribution is 0.577. The van der Waals surface area contributed by atoms with Crippen LogP contribution in [0.1, 0.15) is 13.3 Å². The Hall–Kier alpha value is -1.14. The Bertz CT molecular complexity index is 445. The van der Waals surface area contributed by atoms with E-state index in [-0.39, 0.29) is 10.6 Å². The lowest BCUT2D eigenvalue weighted by atomic mass is 10.3. The fourth-order valence-electron chi connectivity index (χ4n) is 0.995. The van der Waals surface area contributed by atoms with Crippen molar-refractivity contribution in [1.29, 1.82) is 0 Å². The number of anilines is 1. The topological polar surface area (TPSA) is 72.2 Å². The van der Waals surface area contributed by atoms with Gasteiger partial charge in [-0.15, -0.1) is 0 Å². The van der Waals surface area contributed by atoms with Crippen LogP contribution in [0.5, 0.6) is 0 Å². The number of nitrogens with two attached hydrogens (primary N) is 1. The molecule has 0 unspecified atom stereocenters. The Morgan fingerprint density at radius 3 is 2.67 bits per heavy atom. The van der Waals surface area contributed by atoms with Gasteiger partial charge in [-0.1, -0.05) is 6.92 Å². The first-order chi connectivity index (χ1) is 6.97. The molecular formula is C9H13FN2O2S. The van der Waals surface area contributed by atoms with Gasteiger partial charge < -0.3 is 5.73 Å². The third-order valence-electron chi connectivity index (χ3n) is 1.82. The maximum atomic E-state index is 13.0. The summed E-state index contributed by atoms with van der Waals surface area (Å²) in [7, 11) is -3.61. The Labute approximate surface area is 88.3 Å². The zero-order valence-corrected chi connectivity index (χ0v) is 9.14. The molecule has 0 aliphatic rings. The molecule has 0 atom stereocenters. The van der Waals surface area contributed by atoms with Crippen LogP contribution >= 0.6 is 0 Å². The monoisotopic (exact) mass is 232 g/mol. The van der Waals surface area contributed by atoms with Crippen LogP contribution in [0.2, 0.25) is 0 Å². The fraction of sp³-hybridized carbons (Fsp3) is 0.333. The van der Waals surface area contributed by atoms with E-state index in [4.69, 9.17) is 5.73 Å². The van der Waals surface area contributed by atoms with E-state index in [9.17, 15) is 12.8 Å². The standard InChI is InChI=1S/C9H13FN2O2S/c1-2-5-12-15(13,14)7-3-4-9(11)8(10)6-7/h3-4,6,12H,2,5,11H2,1H3. The number of nitrogens with one attached hydrogen (secondary N) is 1. The normalized spacial score (nSPS) is 11.6. The zero-order valence-electron chi connectivity index (χ0n) is 8.33. The molecule has 0 spiro atoms. The summed E-state index contributed by atoms with van der Waals surface area (Å²) in [5, 5.41) is 0. The van der Waals surface area contributed by atoms with Gasteiger partial charge in [-0.05, 0) is 24.6 Å². The third kappa shape index (κ3) is 2.90. The lowest BCUT2D eigenvalue weighted by Gasteiger charge is -2.06. The summed E-state index contributed by atoms with van der Waals surface area (Å²) in [5.41, 5.74) is 5.18. The quantitative estimate of drug-likeness (QED) is 0.763. The van der Waals surface area contributed by atoms with Gasteiger partial charge in [-0.25, -0.2) is 17.5 Å². The summed E-state index contributed by atoms with van der Waals surface area (Å²) >= 11 is 0. The maximum Gasteiger partial charge on any atom is 0.240 e. The van der Waals surface area contributed by atoms with Crippen molar-refractivity contribution >= 4 is 15.7 Å². The van der Waals surface area contributed by atoms with Crippen LogP contribution in [0.15, 0.2) is 23.1 Å². The van der Waals surface area contributed by atoms with E-state index in [1.54, 1.807) is 0 Å². The van der Waals surface area contributed by atoms with E-state index in [1.807, 2.05) is 6.92 Å². The van der Waals surface area contributed by atoms with Crippen LogP contribution in [-0.4, -0.2) is 15.0 Å². The highest BCUT2D eigenvalue weighted by Gasteiger charge is 2.14. The van der Waals surface area contributed by atoms with Gasteiger partial charge in [0.05, 0.1) is 10.6 Å². The summed E-state index contributed by atoms with van der Waals surface area (Å²) in [6, 6.07) is 3.42. The molecule has 4 nitrogen and oxygen atoms in total. The lowest BCUT2D eigenvalue weighted by Crippen LogP contribution is -2.24. The van der Waals surface area contributed by atoms with E-state index in [0.717, 1.165) is 6.07 Å². The van der Waals surface area contributed by atoms with E-state index < -0.39 is 15.8 Å². The summed E-state index contributed by atoms with van der Waals surface area (Å²) in [6.07, 6.45) is 0.677. The van der Waals surface area contributed by atoms with Crippen LogP contribution in [0, 0.1) is 5.82 Å². The van der Waals surface area contributed by atoms with Crippen molar-refractivity contribution < 1.29 is 12.8 Å². The number of benzene rings is 1. The highest BCUT2D eigenvalue weighted by molar-refractivity contribution is 7.89. The molecule has 0 radical (unpaired) electrons. The van der Waals surface area contributed by atoms with E-state index in [1.165, 1.54) is 12.1 Å². The molecule has 3 N–H and O–H groups in total. The smallest absolute Gasteiger partial charge is 0.240 e. The number of nitrogen functional groups attached to an aromatic ring is 1. The van der Waals surface area contributed by atoms with Crippen molar-refractivity contribution in [3.05, 3.63) is 24.0 Å². The molecule has 15 heavy (non-hydrogen) atoms. The number of hydrogen-bond donors (Lipinski definition) is 2. The van der Waals surface area contributed by atoms with E-state index in [0.29, 0.717) is 13.0 Å². The van der Waals surface area contributed by atoms with E-state index in [2.05, 4.69) is 4.72 Å². The van der Waals surface area contributed by atoms with Crippen molar-refractivity contribution in [1.82, 2.24) is 4.72 Å². The fourth-order valence-corrected chi connectivity index (χ4v) is 2.14. The molecule has 0 fully saturated rings. The Morgan fingerprint density at radius 2 is 2.13 bits per heavy atom. The molecule has 0 saturated carbocycles. The molecule has 0 aliphatic heterocycles. The van der Waals surface area contributed by atoms with Gasteiger partial charge in [-0.2, -0.15) is 0 Å². The summed E-state index contributed by atoms with van der Waals surface area (Å²) in [5.74, 6) is -0.727. The van der Waals surface area contributed by atoms with Crippen molar-refractivity contribution in [2.75, 3.05) is 12.3 Å². The van der Waals surface area contributed by atoms with Gasteiger partial charge in [0.25, 0.3) is 0 Å². The average Bonchev–Trinajstić information content (AvgIpc) is 2.19. The summed E-state index contributed by atoms with van der Waals surface area (Å²) < 4.78 is 38.4. The Kier molecular flexibility index (Phi) is 3.65. The minimum atomic E-state index is -3.61. The van der Waals surface area contributed by atoms with Crippen LogP contribution < -0.4 is 10.5 Å². The van der Waals surface area contributed by atoms with Gasteiger partial charge in [0, 0.05) is 6.54 Å². The van der Waals surface area contributed by atoms with Crippen LogP contribution in [0.25, 0.3) is 0 Å². The minimum absolute atomic E-state index is 0.0653. The molecule has 0 heterocycles. The molecular weight excluding hydrogens is 219 g/mol. The van der Waals surface area contributed by atoms with Crippen molar-refractivity contribution in [2.45, 2.75) is 18.2 Å². The van der Waals surface area contributed by atoms with Crippen molar-refractivity contribution in [2.24, 2.45) is 0 Å². The van der Waals surface area contributed by atoms with Gasteiger partial charge in [0.1, 0.15) is 5.82 Å². The van der Waals surface area contributed by atoms with Gasteiger partial charge in [0.2, 0.25) is 10.0 Å². The SMILES string of the molecule is CCCNS(=O)(=O)c1ccc(N)c(F)c1. The Morgan fingerprint density at radius 1 is 1.47 bits per heavy atom. The molecule has 0 bridgehead atoms. The van der Waals surface area contributed by atoms with Crippen LogP contribution in [0.4, 0.5) is 10.1 Å². The van der Waals surface area contributed by atoms with Crippen molar-refractivity contribution in [3.63, 3.8) is 0 Å². The molecule has 0 aliphatic carbocycles.